The van der Waals surface area contributed by atoms with E-state index in [2.05, 4.69) is 41.5 Å². The van der Waals surface area contributed by atoms with Gasteiger partial charge >= 0.3 is 0 Å². The Morgan fingerprint density at radius 3 is 3.07 bits per heavy atom. The largest absolute Gasteiger partial charge is 0.312 e. The lowest BCUT2D eigenvalue weighted by atomic mass is 9.89. The average molecular weight is 202 g/mol. The molecule has 2 heterocycles. The van der Waals surface area contributed by atoms with Crippen LogP contribution >= 0.6 is 0 Å². The van der Waals surface area contributed by atoms with Crippen LogP contribution in [0, 0.1) is 0 Å². The van der Waals surface area contributed by atoms with Gasteiger partial charge in [-0.3, -0.25) is 4.90 Å². The lowest BCUT2D eigenvalue weighted by molar-refractivity contribution is 0.183. The summed E-state index contributed by atoms with van der Waals surface area (Å²) in [5.41, 5.74) is 3.03. The van der Waals surface area contributed by atoms with Crippen LogP contribution < -0.4 is 5.32 Å². The van der Waals surface area contributed by atoms with Crippen LogP contribution in [-0.2, 0) is 6.54 Å². The Labute approximate surface area is 91.3 Å². The molecule has 0 aliphatic carbocycles. The molecule has 1 N–H and O–H groups in total. The summed E-state index contributed by atoms with van der Waals surface area (Å²) in [5, 5.41) is 3.49. The molecule has 3 rings (SSSR count). The van der Waals surface area contributed by atoms with Crippen LogP contribution in [0.15, 0.2) is 24.3 Å². The van der Waals surface area contributed by atoms with E-state index in [1.165, 1.54) is 30.5 Å². The number of hydrogen-bond acceptors (Lipinski definition) is 2. The quantitative estimate of drug-likeness (QED) is 0.748. The van der Waals surface area contributed by atoms with Gasteiger partial charge in [0, 0.05) is 18.6 Å². The minimum atomic E-state index is 0.539. The molecular weight excluding hydrogens is 184 g/mol. The summed E-state index contributed by atoms with van der Waals surface area (Å²) in [6.07, 6.45) is 2.71. The van der Waals surface area contributed by atoms with E-state index in [0.29, 0.717) is 6.04 Å². The number of fused-ring (bicyclic) bond motifs is 2. The van der Waals surface area contributed by atoms with Crippen molar-refractivity contribution in [1.82, 2.24) is 10.2 Å². The summed E-state index contributed by atoms with van der Waals surface area (Å²) < 4.78 is 0. The maximum Gasteiger partial charge on any atom is 0.0479 e. The summed E-state index contributed by atoms with van der Waals surface area (Å²) >= 11 is 0. The number of nitrogens with one attached hydrogen (secondary N) is 1. The Morgan fingerprint density at radius 1 is 1.33 bits per heavy atom. The van der Waals surface area contributed by atoms with E-state index in [9.17, 15) is 0 Å². The maximum absolute atomic E-state index is 3.49. The van der Waals surface area contributed by atoms with Crippen molar-refractivity contribution < 1.29 is 0 Å². The third kappa shape index (κ3) is 1.40. The molecule has 1 fully saturated rings. The van der Waals surface area contributed by atoms with Gasteiger partial charge in [0.2, 0.25) is 0 Å². The number of hydrogen-bond donors (Lipinski definition) is 1. The first-order chi connectivity index (χ1) is 7.40. The van der Waals surface area contributed by atoms with E-state index < -0.39 is 0 Å². The summed E-state index contributed by atoms with van der Waals surface area (Å²) in [4.78, 5) is 2.63. The van der Waals surface area contributed by atoms with Crippen molar-refractivity contribution in [3.63, 3.8) is 0 Å². The summed E-state index contributed by atoms with van der Waals surface area (Å²) in [5.74, 6) is 0. The Kier molecular flexibility index (Phi) is 2.26. The first-order valence-electron chi connectivity index (χ1n) is 5.89. The molecule has 0 spiro atoms. The minimum absolute atomic E-state index is 0.539. The molecule has 2 aliphatic rings. The molecule has 0 bridgehead atoms. The predicted octanol–water partition coefficient (Wildman–Crippen LogP) is 1.93. The van der Waals surface area contributed by atoms with Gasteiger partial charge in [-0.05, 0) is 37.6 Å². The van der Waals surface area contributed by atoms with Gasteiger partial charge in [0.05, 0.1) is 0 Å². The first-order valence-corrected chi connectivity index (χ1v) is 5.89. The van der Waals surface area contributed by atoms with Gasteiger partial charge in [-0.15, -0.1) is 0 Å². The van der Waals surface area contributed by atoms with Crippen LogP contribution in [0.3, 0.4) is 0 Å². The van der Waals surface area contributed by atoms with Gasteiger partial charge < -0.3 is 5.32 Å². The Bertz CT molecular complexity index is 361. The highest BCUT2D eigenvalue weighted by Crippen LogP contribution is 2.36. The SMILES string of the molecule is CN[C@H]1c2ccccc2CN2CCC[C@H]12. The molecule has 1 aromatic carbocycles. The van der Waals surface area contributed by atoms with E-state index in [4.69, 9.17) is 0 Å². The number of rotatable bonds is 1. The van der Waals surface area contributed by atoms with Crippen molar-refractivity contribution in [2.24, 2.45) is 0 Å². The highest BCUT2D eigenvalue weighted by atomic mass is 15.2. The van der Waals surface area contributed by atoms with Gasteiger partial charge in [0.1, 0.15) is 0 Å². The third-order valence-corrected chi connectivity index (χ3v) is 3.87. The average Bonchev–Trinajstić information content (AvgIpc) is 2.73. The van der Waals surface area contributed by atoms with Crippen LogP contribution in [0.5, 0.6) is 0 Å². The standard InChI is InChI=1S/C13H18N2/c1-14-13-11-6-3-2-5-10(11)9-15-8-4-7-12(13)15/h2-3,5-6,12-14H,4,7-9H2,1H3/t12-,13+/m1/s1. The molecule has 15 heavy (non-hydrogen) atoms. The minimum Gasteiger partial charge on any atom is -0.312 e. The van der Waals surface area contributed by atoms with Crippen molar-refractivity contribution in [1.29, 1.82) is 0 Å². The number of likely N-dealkylation sites (N-methyl/N-ethyl adjacent to an activating group) is 1. The van der Waals surface area contributed by atoms with Gasteiger partial charge in [0.25, 0.3) is 0 Å². The second-order valence-corrected chi connectivity index (χ2v) is 4.65. The second-order valence-electron chi connectivity index (χ2n) is 4.65. The normalized spacial score (nSPS) is 29.9. The molecule has 2 atom stereocenters. The Morgan fingerprint density at radius 2 is 2.20 bits per heavy atom. The van der Waals surface area contributed by atoms with Gasteiger partial charge in [-0.1, -0.05) is 24.3 Å². The molecule has 2 aliphatic heterocycles. The highest BCUT2D eigenvalue weighted by molar-refractivity contribution is 5.34. The van der Waals surface area contributed by atoms with Crippen molar-refractivity contribution in [2.75, 3.05) is 13.6 Å². The van der Waals surface area contributed by atoms with E-state index in [1.807, 2.05) is 0 Å². The van der Waals surface area contributed by atoms with E-state index in [0.717, 1.165) is 12.6 Å². The fourth-order valence-corrected chi connectivity index (χ4v) is 3.18. The number of benzene rings is 1. The predicted molar refractivity (Wildman–Crippen MR) is 61.7 cm³/mol. The van der Waals surface area contributed by atoms with E-state index in [1.54, 1.807) is 0 Å². The molecule has 1 saturated heterocycles. The summed E-state index contributed by atoms with van der Waals surface area (Å²) in [7, 11) is 2.09. The topological polar surface area (TPSA) is 15.3 Å². The van der Waals surface area contributed by atoms with Crippen molar-refractivity contribution in [3.05, 3.63) is 35.4 Å². The van der Waals surface area contributed by atoms with Crippen LogP contribution in [0.1, 0.15) is 30.0 Å². The molecule has 0 amide bonds. The zero-order valence-corrected chi connectivity index (χ0v) is 9.24. The monoisotopic (exact) mass is 202 g/mol. The lowest BCUT2D eigenvalue weighted by Crippen LogP contribution is -2.43. The smallest absolute Gasteiger partial charge is 0.0479 e. The molecule has 1 aromatic rings. The molecule has 0 radical (unpaired) electrons. The fraction of sp³-hybridized carbons (Fsp3) is 0.538. The van der Waals surface area contributed by atoms with Gasteiger partial charge in [-0.25, -0.2) is 0 Å². The van der Waals surface area contributed by atoms with Crippen LogP contribution in [-0.4, -0.2) is 24.5 Å². The van der Waals surface area contributed by atoms with E-state index >= 15 is 0 Å². The molecule has 0 saturated carbocycles. The number of nitrogens with zero attached hydrogens (tertiary/aromatic N) is 1. The zero-order valence-electron chi connectivity index (χ0n) is 9.24. The van der Waals surface area contributed by atoms with Crippen LogP contribution in [0.25, 0.3) is 0 Å². The summed E-state index contributed by atoms with van der Waals surface area (Å²) in [6, 6.07) is 10.1. The van der Waals surface area contributed by atoms with Crippen molar-refractivity contribution >= 4 is 0 Å². The van der Waals surface area contributed by atoms with Gasteiger partial charge in [0.15, 0.2) is 0 Å². The van der Waals surface area contributed by atoms with Crippen LogP contribution in [0.2, 0.25) is 0 Å². The molecule has 0 aromatic heterocycles. The van der Waals surface area contributed by atoms with Gasteiger partial charge in [-0.2, -0.15) is 0 Å². The fourth-order valence-electron chi connectivity index (χ4n) is 3.18. The summed E-state index contributed by atoms with van der Waals surface area (Å²) in [6.45, 7) is 2.43. The van der Waals surface area contributed by atoms with E-state index in [-0.39, 0.29) is 0 Å². The zero-order chi connectivity index (χ0) is 10.3. The highest BCUT2D eigenvalue weighted by Gasteiger charge is 2.36. The maximum atomic E-state index is 3.49. The first kappa shape index (κ1) is 9.37. The lowest BCUT2D eigenvalue weighted by Gasteiger charge is -2.38. The third-order valence-electron chi connectivity index (χ3n) is 3.87. The van der Waals surface area contributed by atoms with Crippen molar-refractivity contribution in [2.45, 2.75) is 31.5 Å². The Hall–Kier alpha value is -0.860. The molecule has 80 valence electrons. The van der Waals surface area contributed by atoms with Crippen molar-refractivity contribution in [3.8, 4) is 0 Å². The van der Waals surface area contributed by atoms with Crippen LogP contribution in [0.4, 0.5) is 0 Å². The Balaban J connectivity index is 2.03. The second kappa shape index (κ2) is 3.62. The molecule has 2 heteroatoms. The molecule has 0 unspecified atom stereocenters. The molecular formula is C13H18N2. The molecule has 2 nitrogen and oxygen atoms in total.